The van der Waals surface area contributed by atoms with Gasteiger partial charge in [0.15, 0.2) is 0 Å². The fourth-order valence-corrected chi connectivity index (χ4v) is 2.50. The number of alkyl halides is 1. The number of halogens is 3. The molecule has 0 saturated heterocycles. The molecule has 3 heteroatoms. The maximum Gasteiger partial charge on any atom is 0.0592 e. The van der Waals surface area contributed by atoms with Crippen LogP contribution in [0.5, 0.6) is 0 Å². The van der Waals surface area contributed by atoms with Gasteiger partial charge in [-0.05, 0) is 36.1 Å². The summed E-state index contributed by atoms with van der Waals surface area (Å²) < 4.78 is 0. The molecule has 0 aromatic heterocycles. The summed E-state index contributed by atoms with van der Waals surface area (Å²) in [6.07, 6.45) is 1.94. The van der Waals surface area contributed by atoms with Gasteiger partial charge in [-0.25, -0.2) is 0 Å². The van der Waals surface area contributed by atoms with Crippen LogP contribution in [0.4, 0.5) is 0 Å². The second-order valence-corrected chi connectivity index (χ2v) is 4.33. The molecule has 1 aliphatic carbocycles. The number of rotatable bonds is 0. The number of hydrogen-bond acceptors (Lipinski definition) is 0. The molecule has 12 heavy (non-hydrogen) atoms. The van der Waals surface area contributed by atoms with Crippen LogP contribution in [0, 0.1) is 0 Å². The first-order valence-corrected chi connectivity index (χ1v) is 4.99. The third kappa shape index (κ3) is 1.32. The van der Waals surface area contributed by atoms with Crippen molar-refractivity contribution < 1.29 is 0 Å². The van der Waals surface area contributed by atoms with Gasteiger partial charge in [0.05, 0.1) is 5.38 Å². The zero-order chi connectivity index (χ0) is 8.72. The number of benzene rings is 1. The molecule has 0 bridgehead atoms. The third-order valence-electron chi connectivity index (χ3n) is 2.18. The van der Waals surface area contributed by atoms with Gasteiger partial charge in [0.2, 0.25) is 0 Å². The fraction of sp³-hybridized carbons (Fsp3) is 0.333. The Kier molecular flexibility index (Phi) is 2.24. The number of fused-ring (bicyclic) bond motifs is 1. The molecule has 0 spiro atoms. The monoisotopic (exact) mass is 220 g/mol. The van der Waals surface area contributed by atoms with Gasteiger partial charge < -0.3 is 0 Å². The Bertz CT molecular complexity index is 320. The van der Waals surface area contributed by atoms with E-state index in [1.54, 1.807) is 6.07 Å². The van der Waals surface area contributed by atoms with E-state index in [2.05, 4.69) is 0 Å². The standard InChI is InChI=1S/C9H7Cl3/c10-5-3-7-6(9(12)4-5)1-2-8(7)11/h3-4,8H,1-2H2/t8-/m0/s1. The average Bonchev–Trinajstić information content (AvgIpc) is 2.33. The summed E-state index contributed by atoms with van der Waals surface area (Å²) in [5.74, 6) is 0. The van der Waals surface area contributed by atoms with E-state index in [-0.39, 0.29) is 5.38 Å². The summed E-state index contributed by atoms with van der Waals surface area (Å²) in [6.45, 7) is 0. The van der Waals surface area contributed by atoms with E-state index in [1.165, 1.54) is 5.56 Å². The molecular weight excluding hydrogens is 214 g/mol. The van der Waals surface area contributed by atoms with Crippen LogP contribution in [-0.4, -0.2) is 0 Å². The Morgan fingerprint density at radius 1 is 1.25 bits per heavy atom. The molecule has 2 rings (SSSR count). The second kappa shape index (κ2) is 3.10. The van der Waals surface area contributed by atoms with Gasteiger partial charge in [-0.2, -0.15) is 0 Å². The molecule has 0 radical (unpaired) electrons. The van der Waals surface area contributed by atoms with Gasteiger partial charge in [-0.3, -0.25) is 0 Å². The summed E-state index contributed by atoms with van der Waals surface area (Å²) in [4.78, 5) is 0. The fourth-order valence-electron chi connectivity index (χ4n) is 1.59. The molecular formula is C9H7Cl3. The Morgan fingerprint density at radius 3 is 2.75 bits per heavy atom. The van der Waals surface area contributed by atoms with Crippen molar-refractivity contribution in [2.24, 2.45) is 0 Å². The van der Waals surface area contributed by atoms with Crippen LogP contribution in [0.3, 0.4) is 0 Å². The van der Waals surface area contributed by atoms with Crippen molar-refractivity contribution >= 4 is 34.8 Å². The lowest BCUT2D eigenvalue weighted by molar-refractivity contribution is 0.882. The van der Waals surface area contributed by atoms with E-state index >= 15 is 0 Å². The predicted octanol–water partition coefficient (Wildman–Crippen LogP) is 4.22. The van der Waals surface area contributed by atoms with E-state index in [4.69, 9.17) is 34.8 Å². The van der Waals surface area contributed by atoms with Gasteiger partial charge >= 0.3 is 0 Å². The summed E-state index contributed by atoms with van der Waals surface area (Å²) in [7, 11) is 0. The highest BCUT2D eigenvalue weighted by Crippen LogP contribution is 2.40. The largest absolute Gasteiger partial charge is 0.118 e. The topological polar surface area (TPSA) is 0 Å². The van der Waals surface area contributed by atoms with Gasteiger partial charge in [0.1, 0.15) is 0 Å². The molecule has 0 unspecified atom stereocenters. The Hall–Kier alpha value is 0.0900. The molecule has 0 fully saturated rings. The van der Waals surface area contributed by atoms with Crippen LogP contribution in [0.15, 0.2) is 12.1 Å². The van der Waals surface area contributed by atoms with Crippen LogP contribution in [0.2, 0.25) is 10.0 Å². The predicted molar refractivity (Wildman–Crippen MR) is 53.4 cm³/mol. The van der Waals surface area contributed by atoms with Crippen molar-refractivity contribution in [1.82, 2.24) is 0 Å². The lowest BCUT2D eigenvalue weighted by atomic mass is 10.1. The van der Waals surface area contributed by atoms with Crippen LogP contribution in [-0.2, 0) is 6.42 Å². The first-order valence-electron chi connectivity index (χ1n) is 3.80. The van der Waals surface area contributed by atoms with Crippen LogP contribution in [0.1, 0.15) is 22.9 Å². The average molecular weight is 222 g/mol. The molecule has 64 valence electrons. The molecule has 0 aliphatic heterocycles. The van der Waals surface area contributed by atoms with Gasteiger partial charge in [-0.1, -0.05) is 23.2 Å². The van der Waals surface area contributed by atoms with E-state index in [0.717, 1.165) is 23.4 Å². The van der Waals surface area contributed by atoms with E-state index in [1.807, 2.05) is 6.07 Å². The van der Waals surface area contributed by atoms with Crippen molar-refractivity contribution in [2.45, 2.75) is 18.2 Å². The third-order valence-corrected chi connectivity index (χ3v) is 3.19. The highest BCUT2D eigenvalue weighted by atomic mass is 35.5. The van der Waals surface area contributed by atoms with Crippen LogP contribution in [0.25, 0.3) is 0 Å². The minimum Gasteiger partial charge on any atom is -0.118 e. The molecule has 1 atom stereocenters. The summed E-state index contributed by atoms with van der Waals surface area (Å²) in [5, 5.41) is 1.52. The molecule has 0 amide bonds. The summed E-state index contributed by atoms with van der Waals surface area (Å²) in [5.41, 5.74) is 2.27. The Labute approximate surface area is 86.4 Å². The highest BCUT2D eigenvalue weighted by Gasteiger charge is 2.22. The van der Waals surface area contributed by atoms with Gasteiger partial charge in [-0.15, -0.1) is 11.6 Å². The Morgan fingerprint density at radius 2 is 2.00 bits per heavy atom. The minimum atomic E-state index is 0.0937. The second-order valence-electron chi connectivity index (χ2n) is 2.96. The van der Waals surface area contributed by atoms with E-state index in [0.29, 0.717) is 5.02 Å². The molecule has 1 aliphatic rings. The lowest BCUT2D eigenvalue weighted by Gasteiger charge is -2.04. The maximum atomic E-state index is 6.07. The van der Waals surface area contributed by atoms with Crippen molar-refractivity contribution in [1.29, 1.82) is 0 Å². The highest BCUT2D eigenvalue weighted by molar-refractivity contribution is 6.35. The van der Waals surface area contributed by atoms with Gasteiger partial charge in [0, 0.05) is 10.0 Å². The number of hydrogen-bond donors (Lipinski definition) is 0. The lowest BCUT2D eigenvalue weighted by Crippen LogP contribution is -1.84. The first kappa shape index (κ1) is 8.68. The minimum absolute atomic E-state index is 0.0937. The molecule has 0 saturated carbocycles. The summed E-state index contributed by atoms with van der Waals surface area (Å²) >= 11 is 17.9. The quantitative estimate of drug-likeness (QED) is 0.576. The van der Waals surface area contributed by atoms with Crippen molar-refractivity contribution in [3.8, 4) is 0 Å². The van der Waals surface area contributed by atoms with Crippen molar-refractivity contribution in [3.63, 3.8) is 0 Å². The van der Waals surface area contributed by atoms with Crippen molar-refractivity contribution in [3.05, 3.63) is 33.3 Å². The Balaban J connectivity index is 2.60. The van der Waals surface area contributed by atoms with E-state index in [9.17, 15) is 0 Å². The van der Waals surface area contributed by atoms with Crippen molar-refractivity contribution in [2.75, 3.05) is 0 Å². The molecule has 0 N–H and O–H groups in total. The molecule has 1 aromatic rings. The first-order chi connectivity index (χ1) is 5.68. The zero-order valence-corrected chi connectivity index (χ0v) is 8.55. The van der Waals surface area contributed by atoms with E-state index < -0.39 is 0 Å². The van der Waals surface area contributed by atoms with Crippen LogP contribution >= 0.6 is 34.8 Å². The zero-order valence-electron chi connectivity index (χ0n) is 6.28. The maximum absolute atomic E-state index is 6.07. The molecule has 0 heterocycles. The normalized spacial score (nSPS) is 21.1. The van der Waals surface area contributed by atoms with Gasteiger partial charge in [0.25, 0.3) is 0 Å². The SMILES string of the molecule is Clc1cc(Cl)c2c(c1)[C@@H](Cl)CC2. The molecule has 0 nitrogen and oxygen atoms in total. The molecule has 1 aromatic carbocycles. The summed E-state index contributed by atoms with van der Waals surface area (Å²) in [6, 6.07) is 3.68. The smallest absolute Gasteiger partial charge is 0.0592 e. The van der Waals surface area contributed by atoms with Crippen LogP contribution < -0.4 is 0 Å².